The van der Waals surface area contributed by atoms with E-state index in [0.29, 0.717) is 0 Å². The highest BCUT2D eigenvalue weighted by Gasteiger charge is 2.12. The molecule has 0 aliphatic heterocycles. The molecule has 0 bridgehead atoms. The molecule has 2 nitrogen and oxygen atoms in total. The van der Waals surface area contributed by atoms with E-state index in [9.17, 15) is 0 Å². The molecule has 0 fully saturated rings. The van der Waals surface area contributed by atoms with Gasteiger partial charge in [-0.25, -0.2) is 4.98 Å². The number of rotatable bonds is 1. The molecule has 2 aromatic heterocycles. The summed E-state index contributed by atoms with van der Waals surface area (Å²) in [5.41, 5.74) is 5.71. The van der Waals surface area contributed by atoms with Crippen LogP contribution in [0.4, 0.5) is 0 Å². The summed E-state index contributed by atoms with van der Waals surface area (Å²) >= 11 is 0. The Morgan fingerprint density at radius 1 is 0.958 bits per heavy atom. The zero-order valence-electron chi connectivity index (χ0n) is 14.2. The smallest absolute Gasteiger partial charge is 0.146 e. The van der Waals surface area contributed by atoms with Gasteiger partial charge >= 0.3 is 0 Å². The second-order valence-electron chi connectivity index (χ2n) is 6.04. The second kappa shape index (κ2) is 5.64. The normalized spacial score (nSPS) is 14.0. The molecule has 0 unspecified atom stereocenters. The molecule has 0 radical (unpaired) electrons. The van der Waals surface area contributed by atoms with Gasteiger partial charge in [-0.1, -0.05) is 54.6 Å². The highest BCUT2D eigenvalue weighted by Crippen LogP contribution is 2.22. The Morgan fingerprint density at radius 2 is 1.79 bits per heavy atom. The zero-order valence-corrected chi connectivity index (χ0v) is 14.2. The topological polar surface area (TPSA) is 17.3 Å². The number of fused-ring (bicyclic) bond motifs is 5. The fraction of sp³-hybridized carbons (Fsp3) is 0.136. The first-order valence-corrected chi connectivity index (χ1v) is 8.34. The van der Waals surface area contributed by atoms with Gasteiger partial charge in [-0.3, -0.25) is 4.40 Å². The second-order valence-corrected chi connectivity index (χ2v) is 6.04. The van der Waals surface area contributed by atoms with Crippen LogP contribution in [0.1, 0.15) is 19.4 Å². The Kier molecular flexibility index (Phi) is 3.46. The lowest BCUT2D eigenvalue weighted by Crippen LogP contribution is -2.28. The van der Waals surface area contributed by atoms with Crippen LogP contribution >= 0.6 is 0 Å². The van der Waals surface area contributed by atoms with E-state index in [-0.39, 0.29) is 0 Å². The fourth-order valence-electron chi connectivity index (χ4n) is 3.54. The van der Waals surface area contributed by atoms with Crippen LogP contribution in [0.25, 0.3) is 39.7 Å². The minimum atomic E-state index is 1.02. The lowest BCUT2D eigenvalue weighted by Gasteiger charge is -2.07. The van der Waals surface area contributed by atoms with E-state index in [1.54, 1.807) is 0 Å². The van der Waals surface area contributed by atoms with Crippen LogP contribution in [0.2, 0.25) is 0 Å². The predicted molar refractivity (Wildman–Crippen MR) is 104 cm³/mol. The monoisotopic (exact) mass is 312 g/mol. The van der Waals surface area contributed by atoms with Crippen molar-refractivity contribution in [3.8, 4) is 0 Å². The van der Waals surface area contributed by atoms with Crippen molar-refractivity contribution < 1.29 is 0 Å². The molecular formula is C22H20N2. The van der Waals surface area contributed by atoms with Crippen molar-refractivity contribution >= 4 is 39.7 Å². The summed E-state index contributed by atoms with van der Waals surface area (Å²) in [6, 6.07) is 14.9. The molecule has 4 rings (SSSR count). The standard InChI is InChI=1S/C22H20N2/c1-4-6-11-18-16(5-2)17-12-7-8-14-20(17)24-21-15(3)10-9-13-19(21)23-22(18)24/h4-14H,1-3H3/b6-4-,16-5-,18-11+. The van der Waals surface area contributed by atoms with Crippen LogP contribution in [-0.2, 0) is 0 Å². The van der Waals surface area contributed by atoms with Gasteiger partial charge in [0.1, 0.15) is 5.65 Å². The minimum absolute atomic E-state index is 1.02. The Morgan fingerprint density at radius 3 is 2.58 bits per heavy atom. The molecule has 0 amide bonds. The quantitative estimate of drug-likeness (QED) is 0.517. The molecule has 0 aliphatic rings. The highest BCUT2D eigenvalue weighted by atomic mass is 15.0. The Bertz CT molecular complexity index is 1220. The number of hydrogen-bond acceptors (Lipinski definition) is 1. The average Bonchev–Trinajstić information content (AvgIpc) is 3.00. The van der Waals surface area contributed by atoms with Gasteiger partial charge in [-0.15, -0.1) is 0 Å². The van der Waals surface area contributed by atoms with Gasteiger partial charge in [-0.2, -0.15) is 0 Å². The maximum absolute atomic E-state index is 4.97. The number of aromatic nitrogens is 2. The van der Waals surface area contributed by atoms with Crippen LogP contribution in [0, 0.1) is 6.92 Å². The molecule has 24 heavy (non-hydrogen) atoms. The third-order valence-corrected chi connectivity index (χ3v) is 4.59. The van der Waals surface area contributed by atoms with Gasteiger partial charge in [-0.05, 0) is 43.7 Å². The fourth-order valence-corrected chi connectivity index (χ4v) is 3.54. The third kappa shape index (κ3) is 2.00. The maximum atomic E-state index is 4.97. The van der Waals surface area contributed by atoms with Crippen LogP contribution in [0.15, 0.2) is 54.6 Å². The summed E-state index contributed by atoms with van der Waals surface area (Å²) in [5, 5.41) is 3.67. The number of nitrogens with zero attached hydrogens (tertiary/aromatic N) is 2. The van der Waals surface area contributed by atoms with Crippen LogP contribution in [-0.4, -0.2) is 9.38 Å². The first kappa shape index (κ1) is 14.7. The van der Waals surface area contributed by atoms with E-state index < -0.39 is 0 Å². The minimum Gasteiger partial charge on any atom is -0.291 e. The Balaban J connectivity index is 2.46. The summed E-state index contributed by atoms with van der Waals surface area (Å²) < 4.78 is 2.31. The lowest BCUT2D eigenvalue weighted by molar-refractivity contribution is 1.25. The van der Waals surface area contributed by atoms with Gasteiger partial charge in [0.05, 0.1) is 16.6 Å². The van der Waals surface area contributed by atoms with Gasteiger partial charge < -0.3 is 0 Å². The van der Waals surface area contributed by atoms with Crippen LogP contribution < -0.4 is 10.4 Å². The van der Waals surface area contributed by atoms with E-state index >= 15 is 0 Å². The summed E-state index contributed by atoms with van der Waals surface area (Å²) in [5.74, 6) is 0. The predicted octanol–water partition coefficient (Wildman–Crippen LogP) is 4.11. The van der Waals surface area contributed by atoms with Crippen molar-refractivity contribution in [3.63, 3.8) is 0 Å². The van der Waals surface area contributed by atoms with Crippen LogP contribution in [0.5, 0.6) is 0 Å². The van der Waals surface area contributed by atoms with E-state index in [1.165, 1.54) is 32.4 Å². The van der Waals surface area contributed by atoms with Crippen molar-refractivity contribution in [2.45, 2.75) is 20.8 Å². The SMILES string of the molecule is C\C=C/C=c1\c(=C/C)c2ccccc2n2c1nc1cccc(C)c12. The molecule has 0 saturated carbocycles. The van der Waals surface area contributed by atoms with Crippen molar-refractivity contribution in [2.75, 3.05) is 0 Å². The summed E-state index contributed by atoms with van der Waals surface area (Å²) in [4.78, 5) is 4.97. The van der Waals surface area contributed by atoms with E-state index in [4.69, 9.17) is 4.98 Å². The first-order valence-electron chi connectivity index (χ1n) is 8.34. The summed E-state index contributed by atoms with van der Waals surface area (Å²) in [7, 11) is 0. The maximum Gasteiger partial charge on any atom is 0.146 e. The first-order chi connectivity index (χ1) is 11.8. The van der Waals surface area contributed by atoms with Gasteiger partial charge in [0.25, 0.3) is 0 Å². The van der Waals surface area contributed by atoms with Crippen molar-refractivity contribution in [1.82, 2.24) is 9.38 Å². The number of aryl methyl sites for hydroxylation is 1. The molecular weight excluding hydrogens is 292 g/mol. The van der Waals surface area contributed by atoms with E-state index in [2.05, 4.69) is 85.0 Å². The average molecular weight is 312 g/mol. The number of allylic oxidation sites excluding steroid dienone is 2. The Hall–Kier alpha value is -2.87. The highest BCUT2D eigenvalue weighted by molar-refractivity contribution is 5.93. The Labute approximate surface area is 141 Å². The molecule has 4 aromatic rings. The number of benzene rings is 2. The molecule has 0 aliphatic carbocycles. The molecule has 2 heterocycles. The van der Waals surface area contributed by atoms with Crippen molar-refractivity contribution in [1.29, 1.82) is 0 Å². The largest absolute Gasteiger partial charge is 0.291 e. The van der Waals surface area contributed by atoms with Gasteiger partial charge in [0.2, 0.25) is 0 Å². The van der Waals surface area contributed by atoms with E-state index in [1.807, 2.05) is 6.92 Å². The number of imidazole rings is 1. The number of para-hydroxylation sites is 2. The molecule has 2 aromatic carbocycles. The summed E-state index contributed by atoms with van der Waals surface area (Å²) in [6.07, 6.45) is 8.49. The van der Waals surface area contributed by atoms with Gasteiger partial charge in [0, 0.05) is 10.6 Å². The van der Waals surface area contributed by atoms with Crippen molar-refractivity contribution in [3.05, 3.63) is 70.6 Å². The summed E-state index contributed by atoms with van der Waals surface area (Å²) in [6.45, 7) is 6.29. The van der Waals surface area contributed by atoms with Crippen molar-refractivity contribution in [2.24, 2.45) is 0 Å². The molecule has 2 heteroatoms. The zero-order chi connectivity index (χ0) is 16.7. The number of pyridine rings is 1. The molecule has 0 atom stereocenters. The molecule has 0 spiro atoms. The molecule has 0 saturated heterocycles. The number of hydrogen-bond donors (Lipinski definition) is 0. The molecule has 118 valence electrons. The third-order valence-electron chi connectivity index (χ3n) is 4.59. The van der Waals surface area contributed by atoms with E-state index in [0.717, 1.165) is 11.2 Å². The van der Waals surface area contributed by atoms with Gasteiger partial charge in [0.15, 0.2) is 0 Å². The lowest BCUT2D eigenvalue weighted by atomic mass is 10.1. The van der Waals surface area contributed by atoms with Crippen LogP contribution in [0.3, 0.4) is 0 Å². The molecule has 0 N–H and O–H groups in total.